The molecule has 0 aromatic heterocycles. The van der Waals surface area contributed by atoms with Crippen LogP contribution in [0.2, 0.25) is 0 Å². The van der Waals surface area contributed by atoms with Gasteiger partial charge in [0.05, 0.1) is 6.10 Å². The number of thioether (sulfide) groups is 1. The van der Waals surface area contributed by atoms with Crippen LogP contribution in [0.1, 0.15) is 13.3 Å². The molecule has 0 unspecified atom stereocenters. The van der Waals surface area contributed by atoms with Crippen molar-refractivity contribution in [2.45, 2.75) is 19.4 Å². The quantitative estimate of drug-likeness (QED) is 0.533. The van der Waals surface area contributed by atoms with Gasteiger partial charge in [0.25, 0.3) is 0 Å². The van der Waals surface area contributed by atoms with Crippen molar-refractivity contribution in [2.24, 2.45) is 5.92 Å². The molecule has 2 atom stereocenters. The molecule has 1 nitrogen and oxygen atoms in total. The first kappa shape index (κ1) is 6.43. The van der Waals surface area contributed by atoms with Crippen molar-refractivity contribution in [1.82, 2.24) is 0 Å². The van der Waals surface area contributed by atoms with Gasteiger partial charge in [-0.2, -0.15) is 11.8 Å². The van der Waals surface area contributed by atoms with Gasteiger partial charge in [-0.25, -0.2) is 0 Å². The summed E-state index contributed by atoms with van der Waals surface area (Å²) in [5.41, 5.74) is 0. The minimum Gasteiger partial charge on any atom is -0.392 e. The summed E-state index contributed by atoms with van der Waals surface area (Å²) in [4.78, 5) is 0. The minimum atomic E-state index is -0.0243. The van der Waals surface area contributed by atoms with Crippen LogP contribution in [0, 0.1) is 5.92 Å². The second-order valence-electron chi connectivity index (χ2n) is 2.53. The van der Waals surface area contributed by atoms with Gasteiger partial charge in [-0.15, -0.1) is 0 Å². The van der Waals surface area contributed by atoms with Crippen LogP contribution in [0.4, 0.5) is 0 Å². The fourth-order valence-corrected chi connectivity index (χ4v) is 2.09. The largest absolute Gasteiger partial charge is 0.392 e. The minimum absolute atomic E-state index is 0.0243. The lowest BCUT2D eigenvalue weighted by molar-refractivity contribution is 0.168. The molecule has 1 aliphatic heterocycles. The fraction of sp³-hybridized carbons (Fsp3) is 1.00. The third kappa shape index (κ3) is 1.67. The highest BCUT2D eigenvalue weighted by Gasteiger charge is 2.15. The summed E-state index contributed by atoms with van der Waals surface area (Å²) < 4.78 is 0. The summed E-state index contributed by atoms with van der Waals surface area (Å²) in [6.45, 7) is 2.19. The second-order valence-corrected chi connectivity index (χ2v) is 3.61. The Bertz CT molecular complexity index is 66.9. The zero-order chi connectivity index (χ0) is 5.98. The summed E-state index contributed by atoms with van der Waals surface area (Å²) in [5.74, 6) is 2.91. The predicted molar refractivity (Wildman–Crippen MR) is 37.1 cm³/mol. The molecule has 8 heavy (non-hydrogen) atoms. The van der Waals surface area contributed by atoms with Gasteiger partial charge >= 0.3 is 0 Å². The standard InChI is InChI=1S/C6H12OS/c1-5-2-6(7)4-8-3-5/h5-7H,2-4H2,1H3/t5-,6+/m0/s1. The van der Waals surface area contributed by atoms with E-state index < -0.39 is 0 Å². The lowest BCUT2D eigenvalue weighted by Crippen LogP contribution is -2.21. The van der Waals surface area contributed by atoms with Crippen LogP contribution < -0.4 is 0 Å². The van der Waals surface area contributed by atoms with Crippen molar-refractivity contribution in [1.29, 1.82) is 0 Å². The van der Waals surface area contributed by atoms with E-state index in [2.05, 4.69) is 6.92 Å². The normalized spacial score (nSPS) is 39.8. The van der Waals surface area contributed by atoms with Gasteiger partial charge in [0.2, 0.25) is 0 Å². The molecule has 1 heterocycles. The highest BCUT2D eigenvalue weighted by Crippen LogP contribution is 2.21. The van der Waals surface area contributed by atoms with Crippen molar-refractivity contribution in [3.63, 3.8) is 0 Å². The first-order valence-electron chi connectivity index (χ1n) is 3.05. The summed E-state index contributed by atoms with van der Waals surface area (Å²) in [7, 11) is 0. The fourth-order valence-electron chi connectivity index (χ4n) is 1.01. The Kier molecular flexibility index (Phi) is 2.20. The molecule has 1 N–H and O–H groups in total. The molecule has 1 rings (SSSR count). The van der Waals surface area contributed by atoms with Gasteiger partial charge < -0.3 is 5.11 Å². The third-order valence-electron chi connectivity index (χ3n) is 1.39. The van der Waals surface area contributed by atoms with Crippen molar-refractivity contribution >= 4 is 11.8 Å². The van der Waals surface area contributed by atoms with Crippen LogP contribution in [-0.4, -0.2) is 22.7 Å². The highest BCUT2D eigenvalue weighted by molar-refractivity contribution is 7.99. The van der Waals surface area contributed by atoms with Gasteiger partial charge in [-0.1, -0.05) is 6.92 Å². The molecule has 0 radical (unpaired) electrons. The monoisotopic (exact) mass is 132 g/mol. The molecule has 0 aromatic carbocycles. The predicted octanol–water partition coefficient (Wildman–Crippen LogP) is 1.12. The van der Waals surface area contributed by atoms with Crippen LogP contribution in [0.25, 0.3) is 0 Å². The maximum absolute atomic E-state index is 9.06. The number of rotatable bonds is 0. The molecule has 0 amide bonds. The van der Waals surface area contributed by atoms with Crippen LogP contribution >= 0.6 is 11.8 Å². The molecule has 2 heteroatoms. The van der Waals surface area contributed by atoms with E-state index in [4.69, 9.17) is 5.11 Å². The molecule has 0 bridgehead atoms. The van der Waals surface area contributed by atoms with Gasteiger partial charge in [0.1, 0.15) is 0 Å². The van der Waals surface area contributed by atoms with E-state index in [1.807, 2.05) is 11.8 Å². The summed E-state index contributed by atoms with van der Waals surface area (Å²) in [5, 5.41) is 9.06. The molecule has 0 spiro atoms. The van der Waals surface area contributed by atoms with Crippen molar-refractivity contribution in [2.75, 3.05) is 11.5 Å². The highest BCUT2D eigenvalue weighted by atomic mass is 32.2. The molecule has 1 fully saturated rings. The van der Waals surface area contributed by atoms with E-state index in [0.29, 0.717) is 0 Å². The molecular formula is C6H12OS. The van der Waals surface area contributed by atoms with Crippen LogP contribution in [0.3, 0.4) is 0 Å². The van der Waals surface area contributed by atoms with E-state index in [0.717, 1.165) is 18.1 Å². The summed E-state index contributed by atoms with van der Waals surface area (Å²) in [6, 6.07) is 0. The lowest BCUT2D eigenvalue weighted by atomic mass is 10.1. The SMILES string of the molecule is C[C@@H]1CSC[C@H](O)C1. The third-order valence-corrected chi connectivity index (χ3v) is 2.81. The van der Waals surface area contributed by atoms with Crippen LogP contribution in [0.5, 0.6) is 0 Å². The maximum atomic E-state index is 9.06. The van der Waals surface area contributed by atoms with Gasteiger partial charge in [-0.05, 0) is 18.1 Å². The molecule has 1 saturated heterocycles. The number of hydrogen-bond donors (Lipinski definition) is 1. The molecule has 0 aromatic rings. The molecule has 1 aliphatic rings. The Morgan fingerprint density at radius 3 is 2.62 bits per heavy atom. The zero-order valence-electron chi connectivity index (χ0n) is 5.13. The smallest absolute Gasteiger partial charge is 0.0633 e. The molecular weight excluding hydrogens is 120 g/mol. The summed E-state index contributed by atoms with van der Waals surface area (Å²) in [6.07, 6.45) is 0.983. The summed E-state index contributed by atoms with van der Waals surface area (Å²) >= 11 is 1.86. The van der Waals surface area contributed by atoms with Crippen molar-refractivity contribution in [3.05, 3.63) is 0 Å². The first-order valence-corrected chi connectivity index (χ1v) is 4.20. The Morgan fingerprint density at radius 2 is 2.25 bits per heavy atom. The first-order chi connectivity index (χ1) is 3.79. The lowest BCUT2D eigenvalue weighted by Gasteiger charge is -2.21. The number of aliphatic hydroxyl groups excluding tert-OH is 1. The Balaban J connectivity index is 2.23. The van der Waals surface area contributed by atoms with Gasteiger partial charge in [0, 0.05) is 5.75 Å². The zero-order valence-corrected chi connectivity index (χ0v) is 5.95. The van der Waals surface area contributed by atoms with Crippen LogP contribution in [0.15, 0.2) is 0 Å². The Morgan fingerprint density at radius 1 is 1.50 bits per heavy atom. The average Bonchev–Trinajstić information content (AvgIpc) is 1.64. The molecule has 48 valence electrons. The molecule has 0 saturated carbocycles. The Labute approximate surface area is 54.5 Å². The van der Waals surface area contributed by atoms with E-state index in [9.17, 15) is 0 Å². The average molecular weight is 132 g/mol. The maximum Gasteiger partial charge on any atom is 0.0633 e. The topological polar surface area (TPSA) is 20.2 Å². The number of hydrogen-bond acceptors (Lipinski definition) is 2. The van der Waals surface area contributed by atoms with Crippen molar-refractivity contribution in [3.8, 4) is 0 Å². The second kappa shape index (κ2) is 2.74. The van der Waals surface area contributed by atoms with Gasteiger partial charge in [0.15, 0.2) is 0 Å². The van der Waals surface area contributed by atoms with Gasteiger partial charge in [-0.3, -0.25) is 0 Å². The number of aliphatic hydroxyl groups is 1. The van der Waals surface area contributed by atoms with Crippen LogP contribution in [-0.2, 0) is 0 Å². The van der Waals surface area contributed by atoms with E-state index in [1.165, 1.54) is 5.75 Å². The van der Waals surface area contributed by atoms with Crippen molar-refractivity contribution < 1.29 is 5.11 Å². The van der Waals surface area contributed by atoms with E-state index in [-0.39, 0.29) is 6.10 Å². The van der Waals surface area contributed by atoms with E-state index >= 15 is 0 Å². The Hall–Kier alpha value is 0.310. The molecule has 0 aliphatic carbocycles. The van der Waals surface area contributed by atoms with E-state index in [1.54, 1.807) is 0 Å².